The van der Waals surface area contributed by atoms with E-state index in [0.717, 1.165) is 22.5 Å². The molecule has 0 spiro atoms. The van der Waals surface area contributed by atoms with Gasteiger partial charge in [-0.15, -0.1) is 0 Å². The van der Waals surface area contributed by atoms with E-state index in [2.05, 4.69) is 0 Å². The molecule has 0 unspecified atom stereocenters. The Morgan fingerprint density at radius 2 is 1.73 bits per heavy atom. The van der Waals surface area contributed by atoms with Crippen molar-refractivity contribution < 1.29 is 26.7 Å². The molecule has 0 saturated heterocycles. The van der Waals surface area contributed by atoms with Gasteiger partial charge in [0.15, 0.2) is 4.90 Å². The Balaban J connectivity index is 2.04. The first-order valence-corrected chi connectivity index (χ1v) is 9.49. The van der Waals surface area contributed by atoms with E-state index in [9.17, 15) is 17.2 Å². The van der Waals surface area contributed by atoms with Crippen LogP contribution >= 0.6 is 0 Å². The molecule has 0 bridgehead atoms. The summed E-state index contributed by atoms with van der Waals surface area (Å²) < 4.78 is 65.8. The van der Waals surface area contributed by atoms with Gasteiger partial charge in [0, 0.05) is 18.2 Å². The number of sulfonamides is 1. The highest BCUT2D eigenvalue weighted by Gasteiger charge is 2.41. The number of rotatable bonds is 7. The largest absolute Gasteiger partial charge is 0.497 e. The second-order valence-corrected chi connectivity index (χ2v) is 7.84. The van der Waals surface area contributed by atoms with Crippen LogP contribution in [0.25, 0.3) is 0 Å². The Kier molecular flexibility index (Phi) is 5.15. The molecule has 0 radical (unpaired) electrons. The van der Waals surface area contributed by atoms with Crippen LogP contribution in [-0.4, -0.2) is 33.0 Å². The van der Waals surface area contributed by atoms with Gasteiger partial charge in [-0.05, 0) is 43.2 Å². The summed E-state index contributed by atoms with van der Waals surface area (Å²) in [5.41, 5.74) is 0.555. The first kappa shape index (κ1) is 18.6. The summed E-state index contributed by atoms with van der Waals surface area (Å²) in [6.45, 7) is -0.0683. The molecule has 3 rings (SSSR count). The molecule has 0 aromatic heterocycles. The number of halogens is 2. The van der Waals surface area contributed by atoms with Crippen LogP contribution < -0.4 is 9.47 Å². The lowest BCUT2D eigenvalue weighted by molar-refractivity contribution is 0.366. The fraction of sp³-hybridized carbons (Fsp3) is 0.333. The lowest BCUT2D eigenvalue weighted by Crippen LogP contribution is -2.34. The maximum Gasteiger partial charge on any atom is 0.249 e. The van der Waals surface area contributed by atoms with Gasteiger partial charge in [0.2, 0.25) is 10.0 Å². The summed E-state index contributed by atoms with van der Waals surface area (Å²) in [7, 11) is -1.39. The third kappa shape index (κ3) is 3.52. The molecule has 26 heavy (non-hydrogen) atoms. The first-order chi connectivity index (χ1) is 12.4. The Labute approximate surface area is 151 Å². The summed E-state index contributed by atoms with van der Waals surface area (Å²) in [5, 5.41) is 0. The van der Waals surface area contributed by atoms with Gasteiger partial charge < -0.3 is 9.47 Å². The van der Waals surface area contributed by atoms with Crippen LogP contribution in [0, 0.1) is 11.6 Å². The molecule has 5 nitrogen and oxygen atoms in total. The van der Waals surface area contributed by atoms with Gasteiger partial charge in [-0.2, -0.15) is 4.31 Å². The average Bonchev–Trinajstić information content (AvgIpc) is 3.43. The quantitative estimate of drug-likeness (QED) is 0.736. The van der Waals surface area contributed by atoms with Crippen molar-refractivity contribution in [2.75, 3.05) is 14.2 Å². The molecule has 140 valence electrons. The van der Waals surface area contributed by atoms with E-state index in [1.165, 1.54) is 14.2 Å². The smallest absolute Gasteiger partial charge is 0.249 e. The highest BCUT2D eigenvalue weighted by Crippen LogP contribution is 2.37. The van der Waals surface area contributed by atoms with Gasteiger partial charge in [0.05, 0.1) is 14.2 Å². The molecule has 0 N–H and O–H groups in total. The van der Waals surface area contributed by atoms with E-state index in [1.807, 2.05) is 0 Å². The number of hydrogen-bond acceptors (Lipinski definition) is 4. The maximum absolute atomic E-state index is 14.1. The summed E-state index contributed by atoms with van der Waals surface area (Å²) in [6, 6.07) is 7.72. The van der Waals surface area contributed by atoms with E-state index in [4.69, 9.17) is 9.47 Å². The van der Waals surface area contributed by atoms with Crippen LogP contribution in [0.4, 0.5) is 8.78 Å². The topological polar surface area (TPSA) is 55.8 Å². The van der Waals surface area contributed by atoms with Crippen molar-refractivity contribution in [3.05, 3.63) is 53.6 Å². The number of hydrogen-bond donors (Lipinski definition) is 0. The van der Waals surface area contributed by atoms with E-state index < -0.39 is 26.6 Å². The fourth-order valence-corrected chi connectivity index (χ4v) is 4.57. The fourth-order valence-electron chi connectivity index (χ4n) is 2.79. The molecule has 0 aliphatic heterocycles. The van der Waals surface area contributed by atoms with E-state index in [0.29, 0.717) is 29.9 Å². The van der Waals surface area contributed by atoms with Crippen molar-refractivity contribution in [1.82, 2.24) is 4.31 Å². The molecule has 1 aliphatic rings. The van der Waals surface area contributed by atoms with Crippen LogP contribution in [0.5, 0.6) is 11.5 Å². The Bertz CT molecular complexity index is 893. The molecular formula is C18H19F2NO4S. The summed E-state index contributed by atoms with van der Waals surface area (Å²) in [6.07, 6.45) is 1.28. The number of benzene rings is 2. The maximum atomic E-state index is 14.1. The number of ether oxygens (including phenoxy) is 2. The molecular weight excluding hydrogens is 364 g/mol. The second-order valence-electron chi connectivity index (χ2n) is 6.01. The lowest BCUT2D eigenvalue weighted by atomic mass is 10.2. The first-order valence-electron chi connectivity index (χ1n) is 8.05. The van der Waals surface area contributed by atoms with Crippen molar-refractivity contribution in [2.24, 2.45) is 0 Å². The molecule has 1 saturated carbocycles. The van der Waals surface area contributed by atoms with Crippen molar-refractivity contribution in [1.29, 1.82) is 0 Å². The minimum absolute atomic E-state index is 0.0683. The SMILES string of the molecule is COc1ccc(OC)c(CN(C2CC2)S(=O)(=O)c2c(F)cccc2F)c1. The Morgan fingerprint density at radius 1 is 1.08 bits per heavy atom. The van der Waals surface area contributed by atoms with Crippen LogP contribution in [-0.2, 0) is 16.6 Å². The van der Waals surface area contributed by atoms with Gasteiger partial charge in [-0.25, -0.2) is 17.2 Å². The van der Waals surface area contributed by atoms with E-state index in [-0.39, 0.29) is 12.6 Å². The predicted octanol–water partition coefficient (Wildman–Crippen LogP) is 3.34. The summed E-state index contributed by atoms with van der Waals surface area (Å²) in [4.78, 5) is -0.922. The van der Waals surface area contributed by atoms with Gasteiger partial charge in [0.25, 0.3) is 0 Å². The normalized spacial score (nSPS) is 14.5. The van der Waals surface area contributed by atoms with Crippen molar-refractivity contribution >= 4 is 10.0 Å². The minimum atomic E-state index is -4.35. The van der Waals surface area contributed by atoms with Crippen LogP contribution in [0.15, 0.2) is 41.3 Å². The van der Waals surface area contributed by atoms with Crippen molar-refractivity contribution in [3.63, 3.8) is 0 Å². The Morgan fingerprint density at radius 3 is 2.27 bits per heavy atom. The molecule has 8 heteroatoms. The molecule has 1 fully saturated rings. The van der Waals surface area contributed by atoms with Crippen LogP contribution in [0.3, 0.4) is 0 Å². The van der Waals surface area contributed by atoms with Gasteiger partial charge in [0.1, 0.15) is 23.1 Å². The molecule has 0 heterocycles. The zero-order valence-electron chi connectivity index (χ0n) is 14.4. The highest BCUT2D eigenvalue weighted by molar-refractivity contribution is 7.89. The standard InChI is InChI=1S/C18H19F2NO4S/c1-24-14-8-9-17(25-2)12(10-14)11-21(13-6-7-13)26(22,23)18-15(19)4-3-5-16(18)20/h3-5,8-10,13H,6-7,11H2,1-2H3. The molecule has 0 amide bonds. The minimum Gasteiger partial charge on any atom is -0.497 e. The van der Waals surface area contributed by atoms with Crippen molar-refractivity contribution in [3.8, 4) is 11.5 Å². The third-order valence-corrected chi connectivity index (χ3v) is 6.20. The second kappa shape index (κ2) is 7.20. The molecule has 0 atom stereocenters. The number of nitrogens with zero attached hydrogens (tertiary/aromatic N) is 1. The van der Waals surface area contributed by atoms with Crippen LogP contribution in [0.2, 0.25) is 0 Å². The highest BCUT2D eigenvalue weighted by atomic mass is 32.2. The van der Waals surface area contributed by atoms with Gasteiger partial charge >= 0.3 is 0 Å². The summed E-state index contributed by atoms with van der Waals surface area (Å²) in [5.74, 6) is -1.20. The van der Waals surface area contributed by atoms with Crippen molar-refractivity contribution in [2.45, 2.75) is 30.3 Å². The van der Waals surface area contributed by atoms with Gasteiger partial charge in [-0.3, -0.25) is 0 Å². The predicted molar refractivity (Wildman–Crippen MR) is 91.7 cm³/mol. The third-order valence-electron chi connectivity index (χ3n) is 4.25. The monoisotopic (exact) mass is 383 g/mol. The average molecular weight is 383 g/mol. The lowest BCUT2D eigenvalue weighted by Gasteiger charge is -2.23. The molecule has 1 aliphatic carbocycles. The van der Waals surface area contributed by atoms with Gasteiger partial charge in [-0.1, -0.05) is 6.07 Å². The zero-order chi connectivity index (χ0) is 18.9. The van der Waals surface area contributed by atoms with E-state index in [1.54, 1.807) is 18.2 Å². The molecule has 2 aromatic carbocycles. The van der Waals surface area contributed by atoms with Crippen LogP contribution in [0.1, 0.15) is 18.4 Å². The molecule has 2 aromatic rings. The number of methoxy groups -OCH3 is 2. The zero-order valence-corrected chi connectivity index (χ0v) is 15.2. The van der Waals surface area contributed by atoms with E-state index >= 15 is 0 Å². The summed E-state index contributed by atoms with van der Waals surface area (Å²) >= 11 is 0. The Hall–Kier alpha value is -2.19.